The Morgan fingerprint density at radius 2 is 2.02 bits per heavy atom. The first kappa shape index (κ1) is 25.9. The SMILES string of the molecule is CC(C)(C)c1cc(NC(=O)Nc2ccc(-c3cn4c(n3)sc3nc(NCCN5C[C@@H]6C[C@H]5CO6)ncc34)cc2)no1. The molecule has 0 unspecified atom stereocenters. The molecule has 2 aliphatic rings. The Morgan fingerprint density at radius 1 is 1.17 bits per heavy atom. The number of hydrogen-bond donors (Lipinski definition) is 3. The van der Waals surface area contributed by atoms with E-state index in [4.69, 9.17) is 19.2 Å². The van der Waals surface area contributed by atoms with Crippen molar-refractivity contribution in [3.63, 3.8) is 0 Å². The van der Waals surface area contributed by atoms with Crippen molar-refractivity contribution < 1.29 is 14.1 Å². The number of rotatable bonds is 7. The lowest BCUT2D eigenvalue weighted by Crippen LogP contribution is -2.39. The second-order valence-electron chi connectivity index (χ2n) is 11.5. The van der Waals surface area contributed by atoms with Gasteiger partial charge in [-0.2, -0.15) is 0 Å². The number of carbonyl (C=O) groups is 1. The van der Waals surface area contributed by atoms with Gasteiger partial charge >= 0.3 is 6.03 Å². The monoisotopic (exact) mass is 573 g/mol. The van der Waals surface area contributed by atoms with Crippen molar-refractivity contribution in [3.05, 3.63) is 48.5 Å². The standard InChI is InChI=1S/C28H31N9O3S/c1-28(2,3)22-11-23(35-40-22)33-26(38)31-17-6-4-16(5-7-17)20-14-37-21-12-30-25(34-24(21)41-27(37)32-20)29-8-9-36-13-19-10-18(36)15-39-19/h4-7,11-12,14,18-19H,8-10,13,15H2,1-3H3,(H,29,30,34)(H2,31,33,35,38)/t18-,19-/m0/s1. The molecular weight excluding hydrogens is 542 g/mol. The number of amides is 2. The number of urea groups is 1. The summed E-state index contributed by atoms with van der Waals surface area (Å²) in [6.07, 6.45) is 5.40. The predicted octanol–water partition coefficient (Wildman–Crippen LogP) is 4.82. The summed E-state index contributed by atoms with van der Waals surface area (Å²) in [7, 11) is 0. The second-order valence-corrected chi connectivity index (χ2v) is 12.5. The van der Waals surface area contributed by atoms with E-state index in [-0.39, 0.29) is 5.41 Å². The molecule has 2 bridgehead atoms. The van der Waals surface area contributed by atoms with Gasteiger partial charge in [-0.15, -0.1) is 0 Å². The lowest BCUT2D eigenvalue weighted by atomic mass is 9.93. The number of nitrogens with one attached hydrogen (secondary N) is 3. The highest BCUT2D eigenvalue weighted by Crippen LogP contribution is 2.30. The van der Waals surface area contributed by atoms with Crippen molar-refractivity contribution in [1.82, 2.24) is 29.4 Å². The third-order valence-electron chi connectivity index (χ3n) is 7.48. The number of anilines is 3. The highest BCUT2D eigenvalue weighted by molar-refractivity contribution is 7.23. The van der Waals surface area contributed by atoms with Gasteiger partial charge in [-0.25, -0.2) is 19.7 Å². The molecule has 3 N–H and O–H groups in total. The molecule has 0 saturated carbocycles. The normalized spacial score (nSPS) is 18.9. The molecule has 2 saturated heterocycles. The molecule has 0 spiro atoms. The number of thiazole rings is 1. The summed E-state index contributed by atoms with van der Waals surface area (Å²) >= 11 is 1.53. The lowest BCUT2D eigenvalue weighted by Gasteiger charge is -2.26. The number of nitrogens with zero attached hydrogens (tertiary/aromatic N) is 6. The highest BCUT2D eigenvalue weighted by atomic mass is 32.1. The van der Waals surface area contributed by atoms with Gasteiger partial charge in [-0.05, 0) is 18.6 Å². The third-order valence-corrected chi connectivity index (χ3v) is 8.45. The molecule has 6 heterocycles. The van der Waals surface area contributed by atoms with Crippen LogP contribution in [0.15, 0.2) is 47.2 Å². The second kappa shape index (κ2) is 10.1. The summed E-state index contributed by atoms with van der Waals surface area (Å²) in [5.41, 5.74) is 3.14. The molecule has 212 valence electrons. The Balaban J connectivity index is 0.978. The number of imidazole rings is 1. The molecule has 41 heavy (non-hydrogen) atoms. The van der Waals surface area contributed by atoms with E-state index in [1.54, 1.807) is 6.07 Å². The number of benzene rings is 1. The summed E-state index contributed by atoms with van der Waals surface area (Å²) in [6, 6.07) is 9.42. The van der Waals surface area contributed by atoms with Gasteiger partial charge < -0.3 is 19.9 Å². The Hall–Kier alpha value is -4.07. The molecule has 2 amide bonds. The molecule has 1 aromatic carbocycles. The molecular formula is C28H31N9O3S. The van der Waals surface area contributed by atoms with E-state index >= 15 is 0 Å². The first-order valence-electron chi connectivity index (χ1n) is 13.7. The molecule has 7 rings (SSSR count). The average Bonchev–Trinajstić information content (AvgIpc) is 3.75. The minimum Gasteiger partial charge on any atom is -0.375 e. The first-order chi connectivity index (χ1) is 19.8. The van der Waals surface area contributed by atoms with Crippen LogP contribution in [0.5, 0.6) is 0 Å². The number of ether oxygens (including phenoxy) is 1. The Morgan fingerprint density at radius 3 is 2.76 bits per heavy atom. The van der Waals surface area contributed by atoms with Gasteiger partial charge in [0.15, 0.2) is 10.8 Å². The van der Waals surface area contributed by atoms with Crippen molar-refractivity contribution in [2.75, 3.05) is 42.2 Å². The van der Waals surface area contributed by atoms with E-state index in [9.17, 15) is 4.79 Å². The Bertz CT molecular complexity index is 1720. The van der Waals surface area contributed by atoms with Crippen molar-refractivity contribution in [1.29, 1.82) is 0 Å². The zero-order chi connectivity index (χ0) is 28.1. The summed E-state index contributed by atoms with van der Waals surface area (Å²) in [5, 5.41) is 12.8. The summed E-state index contributed by atoms with van der Waals surface area (Å²) in [4.78, 5) is 30.7. The number of fused-ring (bicyclic) bond motifs is 5. The van der Waals surface area contributed by atoms with Crippen LogP contribution in [0.4, 0.5) is 22.2 Å². The number of morpholine rings is 1. The van der Waals surface area contributed by atoms with E-state index in [1.807, 2.05) is 61.8 Å². The van der Waals surface area contributed by atoms with Gasteiger partial charge in [-0.3, -0.25) is 14.6 Å². The number of carbonyl (C=O) groups excluding carboxylic acids is 1. The largest absolute Gasteiger partial charge is 0.375 e. The van der Waals surface area contributed by atoms with Gasteiger partial charge in [0.05, 0.1) is 24.6 Å². The molecule has 2 fully saturated rings. The summed E-state index contributed by atoms with van der Waals surface area (Å²) in [6.45, 7) is 9.68. The van der Waals surface area contributed by atoms with Crippen LogP contribution in [0.3, 0.4) is 0 Å². The first-order valence-corrected chi connectivity index (χ1v) is 14.5. The molecule has 0 aliphatic carbocycles. The van der Waals surface area contributed by atoms with Crippen LogP contribution < -0.4 is 16.0 Å². The third kappa shape index (κ3) is 5.23. The minimum absolute atomic E-state index is 0.191. The maximum absolute atomic E-state index is 12.4. The van der Waals surface area contributed by atoms with E-state index in [0.717, 1.165) is 59.2 Å². The van der Waals surface area contributed by atoms with Gasteiger partial charge in [-0.1, -0.05) is 49.4 Å². The number of hydrogen-bond acceptors (Lipinski definition) is 10. The van der Waals surface area contributed by atoms with Gasteiger partial charge in [0.2, 0.25) is 5.95 Å². The smallest absolute Gasteiger partial charge is 0.324 e. The van der Waals surface area contributed by atoms with Gasteiger partial charge in [0.25, 0.3) is 0 Å². The zero-order valence-electron chi connectivity index (χ0n) is 23.0. The molecule has 12 nitrogen and oxygen atoms in total. The number of aromatic nitrogens is 5. The van der Waals surface area contributed by atoms with E-state index < -0.39 is 6.03 Å². The van der Waals surface area contributed by atoms with Crippen LogP contribution >= 0.6 is 11.3 Å². The van der Waals surface area contributed by atoms with Crippen LogP contribution in [0.2, 0.25) is 0 Å². The van der Waals surface area contributed by atoms with Crippen molar-refractivity contribution in [2.24, 2.45) is 0 Å². The maximum Gasteiger partial charge on any atom is 0.324 e. The highest BCUT2D eigenvalue weighted by Gasteiger charge is 2.38. The van der Waals surface area contributed by atoms with Crippen molar-refractivity contribution in [3.8, 4) is 11.3 Å². The Kier molecular flexibility index (Phi) is 6.36. The summed E-state index contributed by atoms with van der Waals surface area (Å²) in [5.74, 6) is 1.70. The fourth-order valence-electron chi connectivity index (χ4n) is 5.27. The maximum atomic E-state index is 12.4. The van der Waals surface area contributed by atoms with E-state index in [2.05, 4.69) is 31.0 Å². The number of likely N-dealkylation sites (tertiary alicyclic amines) is 1. The van der Waals surface area contributed by atoms with Crippen molar-refractivity contribution in [2.45, 2.75) is 44.8 Å². The van der Waals surface area contributed by atoms with Crippen LogP contribution in [0, 0.1) is 0 Å². The van der Waals surface area contributed by atoms with Crippen LogP contribution in [0.1, 0.15) is 33.0 Å². The van der Waals surface area contributed by atoms with Gasteiger partial charge in [0.1, 0.15) is 16.1 Å². The molecule has 13 heteroatoms. The zero-order valence-corrected chi connectivity index (χ0v) is 23.9. The lowest BCUT2D eigenvalue weighted by molar-refractivity contribution is 0.0324. The molecule has 4 aromatic heterocycles. The molecule has 2 aliphatic heterocycles. The fourth-order valence-corrected chi connectivity index (χ4v) is 6.23. The van der Waals surface area contributed by atoms with Crippen LogP contribution in [0.25, 0.3) is 26.6 Å². The van der Waals surface area contributed by atoms with Crippen LogP contribution in [-0.4, -0.2) is 73.8 Å². The van der Waals surface area contributed by atoms with E-state index in [0.29, 0.717) is 35.4 Å². The predicted molar refractivity (Wildman–Crippen MR) is 158 cm³/mol. The summed E-state index contributed by atoms with van der Waals surface area (Å²) < 4.78 is 13.0. The Labute approximate surface area is 240 Å². The molecule has 0 radical (unpaired) electrons. The van der Waals surface area contributed by atoms with E-state index in [1.165, 1.54) is 11.3 Å². The van der Waals surface area contributed by atoms with Crippen LogP contribution in [-0.2, 0) is 10.2 Å². The fraction of sp³-hybridized carbons (Fsp3) is 0.393. The molecule has 5 aromatic rings. The average molecular weight is 574 g/mol. The minimum atomic E-state index is -0.396. The topological polar surface area (TPSA) is 135 Å². The molecule has 2 atom stereocenters. The van der Waals surface area contributed by atoms with Gasteiger partial charge in [0, 0.05) is 54.6 Å². The quantitative estimate of drug-likeness (QED) is 0.250. The van der Waals surface area contributed by atoms with Crippen molar-refractivity contribution >= 4 is 50.1 Å².